The lowest BCUT2D eigenvalue weighted by molar-refractivity contribution is 0.430. The van der Waals surface area contributed by atoms with E-state index < -0.39 is 0 Å². The summed E-state index contributed by atoms with van der Waals surface area (Å²) in [6, 6.07) is 9.33. The average Bonchev–Trinajstić information content (AvgIpc) is 2.34. The normalized spacial score (nSPS) is 15.4. The molecule has 0 aliphatic carbocycles. The summed E-state index contributed by atoms with van der Waals surface area (Å²) in [5, 5.41) is 3.52. The van der Waals surface area contributed by atoms with E-state index >= 15 is 0 Å². The van der Waals surface area contributed by atoms with Crippen molar-refractivity contribution in [3.05, 3.63) is 35.4 Å². The Labute approximate surface area is 117 Å². The number of nitrogens with one attached hydrogen (secondary N) is 1. The fraction of sp³-hybridized carbons (Fsp3) is 0.625. The molecular formula is C16H26ClN. The molecule has 2 atom stereocenters. The second-order valence-corrected chi connectivity index (χ2v) is 6.56. The Morgan fingerprint density at radius 3 is 2.11 bits per heavy atom. The van der Waals surface area contributed by atoms with Crippen LogP contribution in [0.4, 0.5) is 0 Å². The van der Waals surface area contributed by atoms with Crippen LogP contribution in [0.2, 0.25) is 0 Å². The predicted molar refractivity (Wildman–Crippen MR) is 81.3 cm³/mol. The fourth-order valence-corrected chi connectivity index (χ4v) is 2.00. The van der Waals surface area contributed by atoms with Crippen LogP contribution in [0, 0.1) is 5.92 Å². The number of rotatable bonds is 5. The first-order valence-electron chi connectivity index (χ1n) is 6.73. The van der Waals surface area contributed by atoms with Gasteiger partial charge in [-0.05, 0) is 29.4 Å². The number of hydrogen-bond acceptors (Lipinski definition) is 1. The van der Waals surface area contributed by atoms with Gasteiger partial charge >= 0.3 is 0 Å². The maximum Gasteiger partial charge on any atom is 0.0263 e. The van der Waals surface area contributed by atoms with Crippen molar-refractivity contribution >= 4 is 11.6 Å². The van der Waals surface area contributed by atoms with Crippen LogP contribution in [0.1, 0.15) is 45.7 Å². The van der Waals surface area contributed by atoms with E-state index in [2.05, 4.69) is 64.2 Å². The topological polar surface area (TPSA) is 12.0 Å². The van der Waals surface area contributed by atoms with E-state index in [1.54, 1.807) is 0 Å². The van der Waals surface area contributed by atoms with E-state index in [4.69, 9.17) is 11.6 Å². The van der Waals surface area contributed by atoms with Crippen molar-refractivity contribution in [3.63, 3.8) is 0 Å². The first-order chi connectivity index (χ1) is 8.34. The summed E-state index contributed by atoms with van der Waals surface area (Å²) < 4.78 is 0. The average molecular weight is 268 g/mol. The van der Waals surface area contributed by atoms with E-state index in [0.29, 0.717) is 17.8 Å². The molecule has 0 bridgehead atoms. The quantitative estimate of drug-likeness (QED) is 0.783. The lowest BCUT2D eigenvalue weighted by atomic mass is 9.87. The number of hydrogen-bond donors (Lipinski definition) is 1. The van der Waals surface area contributed by atoms with Crippen molar-refractivity contribution in [3.8, 4) is 0 Å². The lowest BCUT2D eigenvalue weighted by Gasteiger charge is -2.21. The minimum atomic E-state index is 0.229. The Balaban J connectivity index is 2.54. The molecule has 1 aromatic carbocycles. The molecule has 2 unspecified atom stereocenters. The van der Waals surface area contributed by atoms with E-state index in [1.807, 2.05) is 0 Å². The SMILES string of the molecule is CC(CCl)C(C)NCc1ccc(C(C)(C)C)cc1. The highest BCUT2D eigenvalue weighted by Gasteiger charge is 2.13. The Morgan fingerprint density at radius 2 is 1.67 bits per heavy atom. The third-order valence-corrected chi connectivity index (χ3v) is 4.03. The van der Waals surface area contributed by atoms with E-state index in [-0.39, 0.29) is 5.41 Å². The van der Waals surface area contributed by atoms with Gasteiger partial charge in [-0.15, -0.1) is 11.6 Å². The molecule has 2 heteroatoms. The van der Waals surface area contributed by atoms with Crippen LogP contribution in [-0.4, -0.2) is 11.9 Å². The van der Waals surface area contributed by atoms with Gasteiger partial charge < -0.3 is 5.32 Å². The molecule has 0 radical (unpaired) electrons. The molecule has 0 heterocycles. The number of alkyl halides is 1. The lowest BCUT2D eigenvalue weighted by Crippen LogP contribution is -2.32. The molecule has 0 spiro atoms. The summed E-state index contributed by atoms with van der Waals surface area (Å²) in [5.41, 5.74) is 2.94. The van der Waals surface area contributed by atoms with E-state index in [1.165, 1.54) is 11.1 Å². The second kappa shape index (κ2) is 6.58. The molecule has 0 saturated carbocycles. The molecule has 0 amide bonds. The van der Waals surface area contributed by atoms with Crippen molar-refractivity contribution in [1.29, 1.82) is 0 Å². The van der Waals surface area contributed by atoms with Gasteiger partial charge in [-0.2, -0.15) is 0 Å². The summed E-state index contributed by atoms with van der Waals surface area (Å²) in [6.45, 7) is 12.0. The predicted octanol–water partition coefficient (Wildman–Crippen LogP) is 4.34. The minimum absolute atomic E-state index is 0.229. The van der Waals surface area contributed by atoms with E-state index in [9.17, 15) is 0 Å². The highest BCUT2D eigenvalue weighted by atomic mass is 35.5. The van der Waals surface area contributed by atoms with Gasteiger partial charge in [0, 0.05) is 18.5 Å². The van der Waals surface area contributed by atoms with Crippen LogP contribution in [0.3, 0.4) is 0 Å². The Bertz CT molecular complexity index is 350. The molecule has 102 valence electrons. The number of halogens is 1. The first kappa shape index (κ1) is 15.5. The summed E-state index contributed by atoms with van der Waals surface area (Å²) >= 11 is 5.86. The van der Waals surface area contributed by atoms with Crippen molar-refractivity contribution in [1.82, 2.24) is 5.32 Å². The molecule has 1 rings (SSSR count). The molecule has 0 fully saturated rings. The van der Waals surface area contributed by atoms with E-state index in [0.717, 1.165) is 6.54 Å². The molecule has 0 saturated heterocycles. The summed E-state index contributed by atoms with van der Waals surface area (Å²) in [7, 11) is 0. The smallest absolute Gasteiger partial charge is 0.0263 e. The van der Waals surface area contributed by atoms with Crippen molar-refractivity contribution in [2.24, 2.45) is 5.92 Å². The highest BCUT2D eigenvalue weighted by Crippen LogP contribution is 2.22. The molecule has 1 N–H and O–H groups in total. The zero-order chi connectivity index (χ0) is 13.8. The van der Waals surface area contributed by atoms with Crippen LogP contribution in [0.25, 0.3) is 0 Å². The zero-order valence-electron chi connectivity index (χ0n) is 12.3. The van der Waals surface area contributed by atoms with Crippen LogP contribution >= 0.6 is 11.6 Å². The first-order valence-corrected chi connectivity index (χ1v) is 7.27. The van der Waals surface area contributed by atoms with Gasteiger partial charge in [-0.3, -0.25) is 0 Å². The Hall–Kier alpha value is -0.530. The third-order valence-electron chi connectivity index (χ3n) is 3.55. The van der Waals surface area contributed by atoms with Crippen molar-refractivity contribution in [2.75, 3.05) is 5.88 Å². The van der Waals surface area contributed by atoms with Gasteiger partial charge in [0.05, 0.1) is 0 Å². The standard InChI is InChI=1S/C16H26ClN/c1-12(10-17)13(2)18-11-14-6-8-15(9-7-14)16(3,4)5/h6-9,12-13,18H,10-11H2,1-5H3. The molecular weight excluding hydrogens is 242 g/mol. The molecule has 1 nitrogen and oxygen atoms in total. The maximum atomic E-state index is 5.86. The Kier molecular flexibility index (Phi) is 5.68. The van der Waals surface area contributed by atoms with Gasteiger partial charge in [0.1, 0.15) is 0 Å². The highest BCUT2D eigenvalue weighted by molar-refractivity contribution is 6.18. The summed E-state index contributed by atoms with van der Waals surface area (Å²) in [5.74, 6) is 1.21. The van der Waals surface area contributed by atoms with Crippen LogP contribution in [-0.2, 0) is 12.0 Å². The molecule has 1 aromatic rings. The maximum absolute atomic E-state index is 5.86. The number of benzene rings is 1. The summed E-state index contributed by atoms with van der Waals surface area (Å²) in [4.78, 5) is 0. The molecule has 18 heavy (non-hydrogen) atoms. The molecule has 0 aromatic heterocycles. The Morgan fingerprint density at radius 1 is 1.11 bits per heavy atom. The zero-order valence-corrected chi connectivity index (χ0v) is 13.0. The van der Waals surface area contributed by atoms with Crippen LogP contribution in [0.15, 0.2) is 24.3 Å². The van der Waals surface area contributed by atoms with Gasteiger partial charge in [-0.1, -0.05) is 52.0 Å². The minimum Gasteiger partial charge on any atom is -0.310 e. The molecule has 0 aliphatic heterocycles. The van der Waals surface area contributed by atoms with Crippen molar-refractivity contribution < 1.29 is 0 Å². The van der Waals surface area contributed by atoms with Gasteiger partial charge in [0.25, 0.3) is 0 Å². The van der Waals surface area contributed by atoms with Crippen LogP contribution < -0.4 is 5.32 Å². The van der Waals surface area contributed by atoms with Gasteiger partial charge in [0.2, 0.25) is 0 Å². The largest absolute Gasteiger partial charge is 0.310 e. The third kappa shape index (κ3) is 4.62. The van der Waals surface area contributed by atoms with Crippen LogP contribution in [0.5, 0.6) is 0 Å². The monoisotopic (exact) mass is 267 g/mol. The van der Waals surface area contributed by atoms with Gasteiger partial charge in [-0.25, -0.2) is 0 Å². The molecule has 0 aliphatic rings. The van der Waals surface area contributed by atoms with Crippen molar-refractivity contribution in [2.45, 2.75) is 52.6 Å². The summed E-state index contributed by atoms with van der Waals surface area (Å²) in [6.07, 6.45) is 0. The fourth-order valence-electron chi connectivity index (χ4n) is 1.74. The second-order valence-electron chi connectivity index (χ2n) is 6.25. The van der Waals surface area contributed by atoms with Gasteiger partial charge in [0.15, 0.2) is 0 Å².